The number of hydrogen-bond acceptors (Lipinski definition) is 5. The summed E-state index contributed by atoms with van der Waals surface area (Å²) in [6.45, 7) is 3.84. The van der Waals surface area contributed by atoms with Gasteiger partial charge in [-0.3, -0.25) is 14.9 Å². The fourth-order valence-corrected chi connectivity index (χ4v) is 3.90. The van der Waals surface area contributed by atoms with Crippen LogP contribution in [-0.2, 0) is 22.3 Å². The Morgan fingerprint density at radius 3 is 2.22 bits per heavy atom. The molecule has 1 N–H and O–H groups in total. The first kappa shape index (κ1) is 21.2. The maximum absolute atomic E-state index is 12.3. The van der Waals surface area contributed by atoms with Crippen molar-refractivity contribution in [3.05, 3.63) is 65.7 Å². The highest BCUT2D eigenvalue weighted by molar-refractivity contribution is 7.62. The van der Waals surface area contributed by atoms with Crippen LogP contribution in [0.4, 0.5) is 0 Å². The number of carbonyl (C=O) groups excluding carboxylic acids is 1. The van der Waals surface area contributed by atoms with Gasteiger partial charge in [0.05, 0.1) is 27.0 Å². The third-order valence-corrected chi connectivity index (χ3v) is 5.01. The van der Waals surface area contributed by atoms with Gasteiger partial charge in [-0.15, -0.1) is 0 Å². The second-order valence-electron chi connectivity index (χ2n) is 6.99. The topological polar surface area (TPSA) is 70.1 Å². The first-order chi connectivity index (χ1) is 12.8. The zero-order valence-electron chi connectivity index (χ0n) is 16.0. The number of benzene rings is 2. The molecule has 0 atom stereocenters. The molecule has 1 amide bonds. The molecule has 0 radical (unpaired) electrons. The summed E-state index contributed by atoms with van der Waals surface area (Å²) < 4.78 is 17.5. The molecule has 0 unspecified atom stereocenters. The summed E-state index contributed by atoms with van der Waals surface area (Å²) in [5.74, 6) is 0.353. The highest BCUT2D eigenvalue weighted by atomic mass is 31.2. The van der Waals surface area contributed by atoms with Gasteiger partial charge >= 0.3 is 0 Å². The van der Waals surface area contributed by atoms with Crippen LogP contribution in [0, 0.1) is 0 Å². The molecule has 0 spiro atoms. The summed E-state index contributed by atoms with van der Waals surface area (Å²) in [5.41, 5.74) is 1.81. The van der Waals surface area contributed by atoms with E-state index in [2.05, 4.69) is 0 Å². The van der Waals surface area contributed by atoms with Crippen molar-refractivity contribution in [2.24, 2.45) is 0 Å². The van der Waals surface area contributed by atoms with Crippen molar-refractivity contribution in [1.29, 1.82) is 0 Å². The van der Waals surface area contributed by atoms with Gasteiger partial charge in [0, 0.05) is 6.54 Å². The van der Waals surface area contributed by atoms with Crippen molar-refractivity contribution >= 4 is 13.0 Å². The van der Waals surface area contributed by atoms with Crippen LogP contribution in [0.25, 0.3) is 0 Å². The average Bonchev–Trinajstić information content (AvgIpc) is 2.61. The van der Waals surface area contributed by atoms with Crippen LogP contribution in [0.5, 0.6) is 5.75 Å². The van der Waals surface area contributed by atoms with E-state index >= 15 is 0 Å². The zero-order valence-corrected chi connectivity index (χ0v) is 16.9. The fraction of sp³-hybridized carbons (Fsp3) is 0.350. The maximum atomic E-state index is 12.3. The van der Waals surface area contributed by atoms with E-state index in [1.807, 2.05) is 59.5 Å². The van der Waals surface area contributed by atoms with Gasteiger partial charge in [-0.25, -0.2) is 5.06 Å². The van der Waals surface area contributed by atoms with E-state index in [1.54, 1.807) is 20.4 Å². The lowest BCUT2D eigenvalue weighted by atomic mass is 10.1. The number of rotatable bonds is 9. The lowest BCUT2D eigenvalue weighted by Crippen LogP contribution is -2.40. The van der Waals surface area contributed by atoms with E-state index in [-0.39, 0.29) is 13.1 Å². The molecule has 6 nitrogen and oxygen atoms in total. The van der Waals surface area contributed by atoms with Gasteiger partial charge in [0.25, 0.3) is 5.91 Å². The minimum Gasteiger partial charge on any atom is -0.497 e. The molecule has 0 saturated carbocycles. The van der Waals surface area contributed by atoms with Crippen LogP contribution < -0.4 is 4.74 Å². The summed E-state index contributed by atoms with van der Waals surface area (Å²) in [7, 11) is -0.770. The van der Waals surface area contributed by atoms with Crippen LogP contribution in [0.3, 0.4) is 0 Å². The van der Waals surface area contributed by atoms with Crippen LogP contribution in [0.2, 0.25) is 0 Å². The Bertz CT molecular complexity index is 774. The average molecular weight is 390 g/mol. The Kier molecular flexibility index (Phi) is 7.60. The summed E-state index contributed by atoms with van der Waals surface area (Å²) in [6.07, 6.45) is 0.415. The van der Waals surface area contributed by atoms with Crippen molar-refractivity contribution in [2.75, 3.05) is 33.4 Å². The van der Waals surface area contributed by atoms with Crippen molar-refractivity contribution in [3.8, 4) is 5.75 Å². The Morgan fingerprint density at radius 2 is 1.67 bits per heavy atom. The Morgan fingerprint density at radius 1 is 1.04 bits per heavy atom. The van der Waals surface area contributed by atoms with Crippen LogP contribution >= 0.6 is 7.14 Å². The molecule has 7 heteroatoms. The predicted molar refractivity (Wildman–Crippen MR) is 107 cm³/mol. The number of ether oxygens (including phenoxy) is 1. The predicted octanol–water partition coefficient (Wildman–Crippen LogP) is 3.50. The minimum atomic E-state index is -2.37. The minimum absolute atomic E-state index is 0.0105. The van der Waals surface area contributed by atoms with Gasteiger partial charge in [-0.1, -0.05) is 42.5 Å². The number of amides is 1. The van der Waals surface area contributed by atoms with Crippen molar-refractivity contribution in [1.82, 2.24) is 9.96 Å². The third-order valence-electron chi connectivity index (χ3n) is 3.93. The fourth-order valence-electron chi connectivity index (χ4n) is 2.75. The molecule has 0 saturated heterocycles. The first-order valence-electron chi connectivity index (χ1n) is 8.69. The largest absolute Gasteiger partial charge is 0.497 e. The van der Waals surface area contributed by atoms with Gasteiger partial charge in [-0.2, -0.15) is 0 Å². The van der Waals surface area contributed by atoms with E-state index in [0.717, 1.165) is 16.9 Å². The summed E-state index contributed by atoms with van der Waals surface area (Å²) in [5, 5.41) is 10.9. The number of hydroxylamine groups is 2. The smallest absolute Gasteiger partial charge is 0.251 e. The molecule has 2 aromatic rings. The Hall–Kier alpha value is -2.14. The first-order valence-corrected chi connectivity index (χ1v) is 11.5. The number of nitrogens with zero attached hydrogens (tertiary/aromatic N) is 2. The Labute approximate surface area is 160 Å². The van der Waals surface area contributed by atoms with Crippen LogP contribution in [-0.4, -0.2) is 54.5 Å². The van der Waals surface area contributed by atoms with Gasteiger partial charge in [0.15, 0.2) is 0 Å². The highest BCUT2D eigenvalue weighted by Crippen LogP contribution is 2.37. The van der Waals surface area contributed by atoms with Crippen molar-refractivity contribution in [2.45, 2.75) is 13.0 Å². The lowest BCUT2D eigenvalue weighted by Gasteiger charge is -2.28. The molecule has 0 bridgehead atoms. The molecule has 0 aliphatic carbocycles. The summed E-state index contributed by atoms with van der Waals surface area (Å²) in [6, 6.07) is 16.8. The SMILES string of the molecule is COc1ccc(CN(CN(O)C(=O)Cc2ccccc2)CP(C)(C)=O)cc1. The van der Waals surface area contributed by atoms with Gasteiger partial charge in [0.1, 0.15) is 12.4 Å². The van der Waals surface area contributed by atoms with E-state index in [9.17, 15) is 14.6 Å². The van der Waals surface area contributed by atoms with Gasteiger partial charge in [0.2, 0.25) is 0 Å². The Balaban J connectivity index is 2.03. The monoisotopic (exact) mass is 390 g/mol. The van der Waals surface area contributed by atoms with Gasteiger partial charge in [-0.05, 0) is 36.6 Å². The molecule has 146 valence electrons. The van der Waals surface area contributed by atoms with E-state index < -0.39 is 13.0 Å². The quantitative estimate of drug-likeness (QED) is 0.307. The number of carbonyl (C=O) groups is 1. The second kappa shape index (κ2) is 9.70. The molecule has 0 aliphatic heterocycles. The zero-order chi connectivity index (χ0) is 19.9. The molecule has 0 heterocycles. The molecular formula is C20H27N2O4P. The van der Waals surface area contributed by atoms with Gasteiger partial charge < -0.3 is 9.30 Å². The highest BCUT2D eigenvalue weighted by Gasteiger charge is 2.20. The van der Waals surface area contributed by atoms with E-state index in [1.165, 1.54) is 0 Å². The molecule has 0 fully saturated rings. The lowest BCUT2D eigenvalue weighted by molar-refractivity contribution is -0.173. The molecular weight excluding hydrogens is 363 g/mol. The van der Waals surface area contributed by atoms with E-state index in [4.69, 9.17) is 4.74 Å². The normalized spacial score (nSPS) is 11.4. The number of hydrogen-bond donors (Lipinski definition) is 1. The van der Waals surface area contributed by atoms with Crippen molar-refractivity contribution in [3.63, 3.8) is 0 Å². The van der Waals surface area contributed by atoms with Crippen LogP contribution in [0.15, 0.2) is 54.6 Å². The molecule has 2 rings (SSSR count). The van der Waals surface area contributed by atoms with Crippen LogP contribution in [0.1, 0.15) is 11.1 Å². The summed E-state index contributed by atoms with van der Waals surface area (Å²) >= 11 is 0. The third kappa shape index (κ3) is 7.55. The van der Waals surface area contributed by atoms with Crippen molar-refractivity contribution < 1.29 is 19.3 Å². The molecule has 2 aromatic carbocycles. The summed E-state index contributed by atoms with van der Waals surface area (Å²) in [4.78, 5) is 14.1. The number of methoxy groups -OCH3 is 1. The molecule has 0 aliphatic rings. The molecule has 27 heavy (non-hydrogen) atoms. The maximum Gasteiger partial charge on any atom is 0.251 e. The second-order valence-corrected chi connectivity index (χ2v) is 10.4. The van der Waals surface area contributed by atoms with E-state index in [0.29, 0.717) is 17.9 Å². The standard InChI is InChI=1S/C20H27N2O4P/c1-26-19-11-9-18(10-12-19)14-21(16-27(2,3)25)15-22(24)20(23)13-17-7-5-4-6-8-17/h4-12,24H,13-16H2,1-3H3. The molecule has 0 aromatic heterocycles.